The monoisotopic (exact) mass is 521 g/mol. The first-order valence-corrected chi connectivity index (χ1v) is 14.9. The lowest BCUT2D eigenvalue weighted by atomic mass is 10.2. The Morgan fingerprint density at radius 2 is 1.88 bits per heavy atom. The number of rotatable bonds is 10. The Labute approximate surface area is 188 Å². The number of ether oxygens (including phenoxy) is 1. The summed E-state index contributed by atoms with van der Waals surface area (Å²) in [5.41, 5.74) is 5.40. The third kappa shape index (κ3) is 6.25. The highest BCUT2D eigenvalue weighted by atomic mass is 32.2. The summed E-state index contributed by atoms with van der Waals surface area (Å²) >= 11 is 0.985. The highest BCUT2D eigenvalue weighted by Crippen LogP contribution is 2.42. The van der Waals surface area contributed by atoms with Crippen molar-refractivity contribution in [3.8, 4) is 11.5 Å². The molecule has 0 fully saturated rings. The second-order valence-corrected chi connectivity index (χ2v) is 13.4. The van der Waals surface area contributed by atoms with E-state index >= 15 is 0 Å². The van der Waals surface area contributed by atoms with Gasteiger partial charge in [0.1, 0.15) is 28.6 Å². The van der Waals surface area contributed by atoms with Gasteiger partial charge in [0.05, 0.1) is 6.20 Å². The van der Waals surface area contributed by atoms with Crippen molar-refractivity contribution in [3.63, 3.8) is 0 Å². The third-order valence-electron chi connectivity index (χ3n) is 3.91. The lowest BCUT2D eigenvalue weighted by Crippen LogP contribution is -2.25. The van der Waals surface area contributed by atoms with Crippen molar-refractivity contribution in [2.24, 2.45) is 5.73 Å². The summed E-state index contributed by atoms with van der Waals surface area (Å²) < 4.78 is 73.3. The molecule has 1 aromatic carbocycles. The standard InChI is InChI=1S/C17H20N3O8PS3/c1-31(23,24)16-5-3-14(10-19-16)28-29(21,22)11-20-32(25,26)17-9-12-8-13(27-7-6-18)2-4-15(12)30-17/h2-5,8-10,20H,6-7,11,18H2,1H3,(H,21,22). The second-order valence-electron chi connectivity index (χ2n) is 6.54. The predicted octanol–water partition coefficient (Wildman–Crippen LogP) is 1.54. The molecule has 0 saturated carbocycles. The van der Waals surface area contributed by atoms with Crippen molar-refractivity contribution < 1.29 is 35.6 Å². The van der Waals surface area contributed by atoms with Crippen molar-refractivity contribution in [2.45, 2.75) is 9.24 Å². The van der Waals surface area contributed by atoms with Crippen LogP contribution in [0, 0.1) is 0 Å². The van der Waals surface area contributed by atoms with Crippen molar-refractivity contribution in [3.05, 3.63) is 42.6 Å². The maximum atomic E-state index is 12.6. The number of aromatic nitrogens is 1. The average Bonchev–Trinajstić information content (AvgIpc) is 3.15. The van der Waals surface area contributed by atoms with Crippen LogP contribution in [0.5, 0.6) is 11.5 Å². The number of pyridine rings is 1. The molecule has 1 atom stereocenters. The summed E-state index contributed by atoms with van der Waals surface area (Å²) in [6.07, 6.45) is 1.02. The molecule has 0 bridgehead atoms. The van der Waals surface area contributed by atoms with E-state index in [0.717, 1.165) is 35.9 Å². The molecule has 0 aliphatic carbocycles. The number of sulfone groups is 1. The van der Waals surface area contributed by atoms with Gasteiger partial charge in [-0.05, 0) is 41.8 Å². The third-order valence-corrected chi connectivity index (χ3v) is 9.17. The summed E-state index contributed by atoms with van der Waals surface area (Å²) in [5, 5.41) is 0.394. The van der Waals surface area contributed by atoms with Gasteiger partial charge in [-0.2, -0.15) is 4.72 Å². The molecule has 15 heteroatoms. The maximum Gasteiger partial charge on any atom is 0.391 e. The van der Waals surface area contributed by atoms with Gasteiger partial charge >= 0.3 is 7.60 Å². The van der Waals surface area contributed by atoms with Crippen LogP contribution in [0.25, 0.3) is 10.1 Å². The number of sulfonamides is 1. The zero-order valence-corrected chi connectivity index (χ0v) is 20.0. The van der Waals surface area contributed by atoms with E-state index in [9.17, 15) is 26.3 Å². The molecule has 0 aliphatic rings. The Morgan fingerprint density at radius 3 is 2.50 bits per heavy atom. The summed E-state index contributed by atoms with van der Waals surface area (Å²) in [5.74, 6) is 0.357. The van der Waals surface area contributed by atoms with Crippen LogP contribution in [0.4, 0.5) is 0 Å². The van der Waals surface area contributed by atoms with Crippen LogP contribution in [-0.2, 0) is 24.4 Å². The largest absolute Gasteiger partial charge is 0.492 e. The number of benzene rings is 1. The number of fused-ring (bicyclic) bond motifs is 1. The molecular weight excluding hydrogens is 501 g/mol. The van der Waals surface area contributed by atoms with Crippen molar-refractivity contribution in [1.82, 2.24) is 9.71 Å². The Bertz CT molecular complexity index is 1370. The van der Waals surface area contributed by atoms with Crippen LogP contribution in [-0.4, -0.2) is 52.4 Å². The van der Waals surface area contributed by atoms with E-state index in [2.05, 4.69) is 9.71 Å². The fourth-order valence-corrected chi connectivity index (χ4v) is 6.95. The summed E-state index contributed by atoms with van der Waals surface area (Å²) in [6, 6.07) is 8.76. The van der Waals surface area contributed by atoms with Crippen LogP contribution in [0.15, 0.2) is 51.8 Å². The van der Waals surface area contributed by atoms with E-state index in [0.29, 0.717) is 29.0 Å². The van der Waals surface area contributed by atoms with Crippen LogP contribution in [0.1, 0.15) is 0 Å². The highest BCUT2D eigenvalue weighted by Gasteiger charge is 2.27. The fourth-order valence-electron chi connectivity index (χ4n) is 2.47. The smallest absolute Gasteiger partial charge is 0.391 e. The number of nitrogens with two attached hydrogens (primary N) is 1. The molecule has 4 N–H and O–H groups in total. The molecule has 1 unspecified atom stereocenters. The Kier molecular flexibility index (Phi) is 7.25. The number of nitrogens with zero attached hydrogens (tertiary/aromatic N) is 1. The van der Waals surface area contributed by atoms with Crippen LogP contribution < -0.4 is 19.7 Å². The van der Waals surface area contributed by atoms with Gasteiger partial charge in [0.15, 0.2) is 14.9 Å². The van der Waals surface area contributed by atoms with Gasteiger partial charge in [-0.3, -0.25) is 0 Å². The molecule has 0 amide bonds. The first kappa shape index (κ1) is 24.6. The lowest BCUT2D eigenvalue weighted by Gasteiger charge is -2.13. The molecule has 0 spiro atoms. The second kappa shape index (κ2) is 9.43. The number of thiophene rings is 1. The van der Waals surface area contributed by atoms with E-state index < -0.39 is 33.7 Å². The molecular formula is C17H20N3O8PS3. The normalized spacial score (nSPS) is 14.2. The van der Waals surface area contributed by atoms with Crippen LogP contribution in [0.2, 0.25) is 0 Å². The number of hydrogen-bond donors (Lipinski definition) is 3. The quantitative estimate of drug-likeness (QED) is 0.332. The number of hydrogen-bond acceptors (Lipinski definition) is 10. The van der Waals surface area contributed by atoms with E-state index in [1.165, 1.54) is 6.07 Å². The Morgan fingerprint density at radius 1 is 1.16 bits per heavy atom. The molecule has 2 heterocycles. The molecule has 0 radical (unpaired) electrons. The minimum atomic E-state index is -4.45. The first-order valence-electron chi connectivity index (χ1n) is 8.93. The van der Waals surface area contributed by atoms with Gasteiger partial charge in [-0.1, -0.05) is 0 Å². The molecule has 3 aromatic rings. The van der Waals surface area contributed by atoms with Crippen LogP contribution in [0.3, 0.4) is 0 Å². The predicted molar refractivity (Wildman–Crippen MR) is 119 cm³/mol. The number of nitrogens with one attached hydrogen (secondary N) is 1. The van der Waals surface area contributed by atoms with Gasteiger partial charge < -0.3 is 19.9 Å². The zero-order valence-electron chi connectivity index (χ0n) is 16.7. The SMILES string of the molecule is CS(=O)(=O)c1ccc(OP(=O)(O)CNS(=O)(=O)c2cc3cc(OCCN)ccc3s2)cn1. The Hall–Kier alpha value is -2.06. The topological polar surface area (TPSA) is 175 Å². The summed E-state index contributed by atoms with van der Waals surface area (Å²) in [7, 11) is -12.1. The maximum absolute atomic E-state index is 12.6. The first-order chi connectivity index (χ1) is 14.9. The van der Waals surface area contributed by atoms with E-state index in [1.54, 1.807) is 18.2 Å². The minimum absolute atomic E-state index is 0.0531. The molecule has 32 heavy (non-hydrogen) atoms. The van der Waals surface area contributed by atoms with Crippen molar-refractivity contribution in [1.29, 1.82) is 0 Å². The van der Waals surface area contributed by atoms with E-state index in [1.807, 2.05) is 0 Å². The van der Waals surface area contributed by atoms with Crippen molar-refractivity contribution >= 4 is 48.9 Å². The molecule has 0 aliphatic heterocycles. The molecule has 11 nitrogen and oxygen atoms in total. The van der Waals surface area contributed by atoms with Crippen molar-refractivity contribution in [2.75, 3.05) is 25.7 Å². The Balaban J connectivity index is 1.70. The molecule has 2 aromatic heterocycles. The fraction of sp³-hybridized carbons (Fsp3) is 0.235. The lowest BCUT2D eigenvalue weighted by molar-refractivity contribution is 0.329. The zero-order chi connectivity index (χ0) is 23.6. The van der Waals surface area contributed by atoms with Gasteiger partial charge in [0.25, 0.3) is 10.0 Å². The minimum Gasteiger partial charge on any atom is -0.492 e. The van der Waals surface area contributed by atoms with Crippen LogP contribution >= 0.6 is 18.9 Å². The van der Waals surface area contributed by atoms with E-state index in [4.69, 9.17) is 15.0 Å². The van der Waals surface area contributed by atoms with E-state index in [-0.39, 0.29) is 15.0 Å². The summed E-state index contributed by atoms with van der Waals surface area (Å²) in [4.78, 5) is 13.6. The van der Waals surface area contributed by atoms with Gasteiger partial charge in [0.2, 0.25) is 0 Å². The molecule has 0 saturated heterocycles. The highest BCUT2D eigenvalue weighted by molar-refractivity contribution is 7.92. The van der Waals surface area contributed by atoms with Gasteiger partial charge in [-0.25, -0.2) is 26.4 Å². The molecule has 174 valence electrons. The van der Waals surface area contributed by atoms with Gasteiger partial charge in [0, 0.05) is 17.5 Å². The summed E-state index contributed by atoms with van der Waals surface area (Å²) in [6.45, 7) is 0.660. The van der Waals surface area contributed by atoms with Gasteiger partial charge in [-0.15, -0.1) is 11.3 Å². The molecule has 3 rings (SSSR count). The average molecular weight is 522 g/mol.